The van der Waals surface area contributed by atoms with E-state index >= 15 is 0 Å². The van der Waals surface area contributed by atoms with Crippen molar-refractivity contribution in [2.45, 2.75) is 41.2 Å². The van der Waals surface area contributed by atoms with E-state index in [-0.39, 0.29) is 25.7 Å². The van der Waals surface area contributed by atoms with E-state index in [1.165, 1.54) is 4.67 Å². The minimum atomic E-state index is -3.66. The first kappa shape index (κ1) is 18.9. The lowest BCUT2D eigenvalue weighted by Crippen LogP contribution is -2.38. The summed E-state index contributed by atoms with van der Waals surface area (Å²) in [4.78, 5) is 12.8. The molecule has 1 amide bonds. The minimum Gasteiger partial charge on any atom is -0.292 e. The van der Waals surface area contributed by atoms with Crippen LogP contribution in [-0.2, 0) is 25.0 Å². The van der Waals surface area contributed by atoms with Gasteiger partial charge in [0.15, 0.2) is 0 Å². The Balaban J connectivity index is 3.20. The molecule has 5 nitrogen and oxygen atoms in total. The highest BCUT2D eigenvalue weighted by Crippen LogP contribution is 2.54. The van der Waals surface area contributed by atoms with Crippen LogP contribution in [0.2, 0.25) is 0 Å². The number of rotatable bonds is 7. The molecule has 0 saturated carbocycles. The smallest absolute Gasteiger partial charge is 0.292 e. The molecule has 0 radical (unpaired) electrons. The molecule has 0 unspecified atom stereocenters. The van der Waals surface area contributed by atoms with Gasteiger partial charge in [0.05, 0.1) is 19.8 Å². The zero-order valence-corrected chi connectivity index (χ0v) is 14.9. The Bertz CT molecular complexity index is 515. The van der Waals surface area contributed by atoms with Gasteiger partial charge in [-0.15, -0.1) is 0 Å². The third kappa shape index (κ3) is 4.94. The summed E-state index contributed by atoms with van der Waals surface area (Å²) in [5.74, 6) is -0.262. The maximum Gasteiger partial charge on any atom is 0.437 e. The largest absolute Gasteiger partial charge is 0.437 e. The maximum absolute atomic E-state index is 13.1. The van der Waals surface area contributed by atoms with E-state index in [1.807, 2.05) is 30.3 Å². The molecule has 124 valence electrons. The average Bonchev–Trinajstić information content (AvgIpc) is 2.44. The van der Waals surface area contributed by atoms with Crippen molar-refractivity contribution in [3.8, 4) is 0 Å². The van der Waals surface area contributed by atoms with Crippen LogP contribution >= 0.6 is 7.75 Å². The highest BCUT2D eigenvalue weighted by molar-refractivity contribution is 7.52. The van der Waals surface area contributed by atoms with Gasteiger partial charge in [-0.1, -0.05) is 51.1 Å². The molecule has 1 aromatic carbocycles. The topological polar surface area (TPSA) is 55.8 Å². The molecule has 0 fully saturated rings. The van der Waals surface area contributed by atoms with Crippen LogP contribution in [0.4, 0.5) is 0 Å². The van der Waals surface area contributed by atoms with Gasteiger partial charge in [-0.05, 0) is 19.4 Å². The zero-order valence-electron chi connectivity index (χ0n) is 14.0. The molecule has 0 aromatic heterocycles. The lowest BCUT2D eigenvalue weighted by atomic mass is 9.95. The van der Waals surface area contributed by atoms with Gasteiger partial charge >= 0.3 is 7.75 Å². The van der Waals surface area contributed by atoms with Gasteiger partial charge in [0.1, 0.15) is 0 Å². The number of amides is 1. The number of carbonyl (C=O) groups excluding carboxylic acids is 1. The summed E-state index contributed by atoms with van der Waals surface area (Å²) < 4.78 is 25.0. The first-order valence-corrected chi connectivity index (χ1v) is 8.99. The van der Waals surface area contributed by atoms with Crippen molar-refractivity contribution < 1.29 is 18.4 Å². The molecular weight excluding hydrogens is 301 g/mol. The summed E-state index contributed by atoms with van der Waals surface area (Å²) in [5, 5.41) is 0. The quantitative estimate of drug-likeness (QED) is 0.703. The molecule has 0 heterocycles. The van der Waals surface area contributed by atoms with Crippen molar-refractivity contribution in [2.24, 2.45) is 5.41 Å². The maximum atomic E-state index is 13.1. The number of benzene rings is 1. The number of hydrogen-bond donors (Lipinski definition) is 0. The van der Waals surface area contributed by atoms with Gasteiger partial charge in [0.25, 0.3) is 0 Å². The van der Waals surface area contributed by atoms with Gasteiger partial charge in [0, 0.05) is 5.41 Å². The van der Waals surface area contributed by atoms with Gasteiger partial charge in [-0.3, -0.25) is 13.8 Å². The summed E-state index contributed by atoms with van der Waals surface area (Å²) in [6.07, 6.45) is 0. The van der Waals surface area contributed by atoms with E-state index in [0.717, 1.165) is 5.56 Å². The zero-order chi connectivity index (χ0) is 16.8. The molecule has 0 spiro atoms. The second-order valence-electron chi connectivity index (χ2n) is 5.90. The van der Waals surface area contributed by atoms with Crippen LogP contribution in [0.3, 0.4) is 0 Å². The Morgan fingerprint density at radius 2 is 1.59 bits per heavy atom. The van der Waals surface area contributed by atoms with Crippen molar-refractivity contribution in [2.75, 3.05) is 13.2 Å². The first-order valence-electron chi connectivity index (χ1n) is 7.50. The van der Waals surface area contributed by atoms with E-state index in [2.05, 4.69) is 0 Å². The highest BCUT2D eigenvalue weighted by Gasteiger charge is 2.41. The van der Waals surface area contributed by atoms with Crippen molar-refractivity contribution in [3.05, 3.63) is 35.9 Å². The molecule has 0 bridgehead atoms. The fraction of sp³-hybridized carbons (Fsp3) is 0.562. The van der Waals surface area contributed by atoms with E-state index in [9.17, 15) is 9.36 Å². The predicted molar refractivity (Wildman–Crippen MR) is 87.3 cm³/mol. The van der Waals surface area contributed by atoms with Crippen LogP contribution in [-0.4, -0.2) is 23.8 Å². The first-order chi connectivity index (χ1) is 10.2. The van der Waals surface area contributed by atoms with Gasteiger partial charge in [-0.2, -0.15) is 0 Å². The molecule has 0 aliphatic heterocycles. The Morgan fingerprint density at radius 3 is 2.00 bits per heavy atom. The van der Waals surface area contributed by atoms with Crippen molar-refractivity contribution >= 4 is 13.7 Å². The van der Waals surface area contributed by atoms with Crippen molar-refractivity contribution in [1.29, 1.82) is 0 Å². The molecule has 0 N–H and O–H groups in total. The van der Waals surface area contributed by atoms with Gasteiger partial charge in [0.2, 0.25) is 5.91 Å². The Hall–Kier alpha value is -1.16. The van der Waals surface area contributed by atoms with E-state index in [1.54, 1.807) is 34.6 Å². The highest BCUT2D eigenvalue weighted by atomic mass is 31.2. The SMILES string of the molecule is CCOP(=O)(OCC)N(Cc1ccccc1)C(=O)C(C)(C)C. The fourth-order valence-electron chi connectivity index (χ4n) is 1.92. The monoisotopic (exact) mass is 327 g/mol. The normalized spacial score (nSPS) is 12.2. The lowest BCUT2D eigenvalue weighted by molar-refractivity contribution is -0.136. The van der Waals surface area contributed by atoms with Crippen LogP contribution in [0.1, 0.15) is 40.2 Å². The van der Waals surface area contributed by atoms with Gasteiger partial charge < -0.3 is 0 Å². The van der Waals surface area contributed by atoms with Crippen LogP contribution in [0.5, 0.6) is 0 Å². The van der Waals surface area contributed by atoms with Crippen LogP contribution in [0.25, 0.3) is 0 Å². The molecular formula is C16H26NO4P. The standard InChI is InChI=1S/C16H26NO4P/c1-6-20-22(19,21-7-2)17(15(18)16(3,4)5)13-14-11-9-8-10-12-14/h8-12H,6-7,13H2,1-5H3. The van der Waals surface area contributed by atoms with E-state index in [4.69, 9.17) is 9.05 Å². The third-order valence-electron chi connectivity index (χ3n) is 2.93. The number of carbonyl (C=O) groups is 1. The summed E-state index contributed by atoms with van der Waals surface area (Å²) in [7, 11) is -3.66. The molecule has 0 atom stereocenters. The summed E-state index contributed by atoms with van der Waals surface area (Å²) in [6.45, 7) is 9.43. The summed E-state index contributed by atoms with van der Waals surface area (Å²) in [5.41, 5.74) is 0.193. The molecule has 22 heavy (non-hydrogen) atoms. The van der Waals surface area contributed by atoms with E-state index < -0.39 is 13.2 Å². The molecule has 6 heteroatoms. The minimum absolute atomic E-state index is 0.189. The molecule has 1 aromatic rings. The van der Waals surface area contributed by atoms with Crippen molar-refractivity contribution in [1.82, 2.24) is 4.67 Å². The number of hydrogen-bond acceptors (Lipinski definition) is 4. The second-order valence-corrected chi connectivity index (χ2v) is 7.84. The Morgan fingerprint density at radius 1 is 1.09 bits per heavy atom. The summed E-state index contributed by atoms with van der Waals surface area (Å²) >= 11 is 0. The molecule has 0 aliphatic carbocycles. The molecule has 0 aliphatic rings. The fourth-order valence-corrected chi connectivity index (χ4v) is 3.78. The van der Waals surface area contributed by atoms with Crippen LogP contribution in [0, 0.1) is 5.41 Å². The van der Waals surface area contributed by atoms with Gasteiger partial charge in [-0.25, -0.2) is 9.24 Å². The molecule has 0 saturated heterocycles. The molecule has 1 rings (SSSR count). The predicted octanol–water partition coefficient (Wildman–Crippen LogP) is 4.24. The number of nitrogens with zero attached hydrogens (tertiary/aromatic N) is 1. The Labute approximate surface area is 133 Å². The second kappa shape index (κ2) is 7.91. The average molecular weight is 327 g/mol. The van der Waals surface area contributed by atoms with Crippen LogP contribution < -0.4 is 0 Å². The van der Waals surface area contributed by atoms with Crippen molar-refractivity contribution in [3.63, 3.8) is 0 Å². The van der Waals surface area contributed by atoms with E-state index in [0.29, 0.717) is 0 Å². The summed E-state index contributed by atoms with van der Waals surface area (Å²) in [6, 6.07) is 9.41. The third-order valence-corrected chi connectivity index (χ3v) is 5.01. The lowest BCUT2D eigenvalue weighted by Gasteiger charge is -2.34. The van der Waals surface area contributed by atoms with Crippen LogP contribution in [0.15, 0.2) is 30.3 Å². The Kier molecular flexibility index (Phi) is 6.79.